The quantitative estimate of drug-likeness (QED) is 0.306. The van der Waals surface area contributed by atoms with Crippen molar-refractivity contribution >= 4 is 29.0 Å². The number of nitriles is 1. The zero-order chi connectivity index (χ0) is 26.5. The van der Waals surface area contributed by atoms with Crippen LogP contribution in [0, 0.1) is 25.2 Å². The molecular weight excluding hydrogens is 474 g/mol. The van der Waals surface area contributed by atoms with Crippen molar-refractivity contribution in [2.75, 3.05) is 5.32 Å². The largest absolute Gasteiger partial charge is 0.483 e. The van der Waals surface area contributed by atoms with E-state index in [1.165, 1.54) is 0 Å². The molecule has 5 aromatic heterocycles. The van der Waals surface area contributed by atoms with Crippen molar-refractivity contribution in [2.24, 2.45) is 0 Å². The molecule has 0 bridgehead atoms. The fourth-order valence-electron chi connectivity index (χ4n) is 3.67. The van der Waals surface area contributed by atoms with Crippen LogP contribution in [0.3, 0.4) is 0 Å². The molecule has 0 amide bonds. The molecule has 1 unspecified atom stereocenters. The highest BCUT2D eigenvalue weighted by molar-refractivity contribution is 5.79. The van der Waals surface area contributed by atoms with E-state index in [9.17, 15) is 10.4 Å². The number of hydrogen-bond acceptors (Lipinski definition) is 9. The Morgan fingerprint density at radius 1 is 1.11 bits per heavy atom. The Labute approximate surface area is 211 Å². The average Bonchev–Trinajstić information content (AvgIpc) is 3.48. The lowest BCUT2D eigenvalue weighted by Gasteiger charge is -2.14. The summed E-state index contributed by atoms with van der Waals surface area (Å²) in [5.41, 5.74) is 4.90. The first kappa shape index (κ1) is 25.0. The van der Waals surface area contributed by atoms with E-state index in [2.05, 4.69) is 25.4 Å². The van der Waals surface area contributed by atoms with Crippen LogP contribution in [0.1, 0.15) is 35.7 Å². The number of rotatable bonds is 5. The third-order valence-electron chi connectivity index (χ3n) is 5.41. The molecule has 0 aliphatic heterocycles. The minimum absolute atomic E-state index is 0.250. The summed E-state index contributed by atoms with van der Waals surface area (Å²) < 4.78 is 3.39. The molecule has 0 aliphatic carbocycles. The number of aromatic nitrogens is 7. The first-order valence-electron chi connectivity index (χ1n) is 11.1. The lowest BCUT2D eigenvalue weighted by Crippen LogP contribution is -2.11. The first-order valence-corrected chi connectivity index (χ1v) is 11.1. The summed E-state index contributed by atoms with van der Waals surface area (Å²) in [4.78, 5) is 26.4. The number of anilines is 2. The second kappa shape index (κ2) is 10.6. The molecule has 37 heavy (non-hydrogen) atoms. The first-order chi connectivity index (χ1) is 17.8. The van der Waals surface area contributed by atoms with Crippen LogP contribution in [-0.2, 0) is 4.79 Å². The van der Waals surface area contributed by atoms with E-state index < -0.39 is 6.10 Å². The highest BCUT2D eigenvalue weighted by atomic mass is 16.3. The van der Waals surface area contributed by atoms with Gasteiger partial charge in [-0.1, -0.05) is 0 Å². The van der Waals surface area contributed by atoms with Crippen molar-refractivity contribution in [3.05, 3.63) is 77.8 Å². The number of hydrogen-bond donors (Lipinski definition) is 3. The van der Waals surface area contributed by atoms with Crippen LogP contribution in [0.25, 0.3) is 22.7 Å². The number of carbonyl (C=O) groups is 1. The van der Waals surface area contributed by atoms with Gasteiger partial charge in [0.15, 0.2) is 11.5 Å². The number of nitrogens with zero attached hydrogens (tertiary/aromatic N) is 8. The van der Waals surface area contributed by atoms with Crippen molar-refractivity contribution in [1.82, 2.24) is 34.3 Å². The molecule has 5 heterocycles. The molecule has 0 saturated heterocycles. The van der Waals surface area contributed by atoms with E-state index >= 15 is 0 Å². The van der Waals surface area contributed by atoms with E-state index in [-0.39, 0.29) is 12.2 Å². The molecule has 5 aromatic rings. The smallest absolute Gasteiger partial charge is 0.290 e. The molecular formula is C25H23N9O3. The second-order valence-electron chi connectivity index (χ2n) is 8.04. The molecule has 0 aliphatic rings. The van der Waals surface area contributed by atoms with Gasteiger partial charge >= 0.3 is 0 Å². The van der Waals surface area contributed by atoms with Gasteiger partial charge in [-0.2, -0.15) is 10.4 Å². The number of nitrogens with one attached hydrogen (secondary N) is 1. The van der Waals surface area contributed by atoms with Gasteiger partial charge in [0.1, 0.15) is 24.0 Å². The molecule has 0 saturated carbocycles. The zero-order valence-electron chi connectivity index (χ0n) is 20.2. The molecule has 0 radical (unpaired) electrons. The van der Waals surface area contributed by atoms with Crippen molar-refractivity contribution in [2.45, 2.75) is 26.9 Å². The predicted octanol–water partition coefficient (Wildman–Crippen LogP) is 3.38. The van der Waals surface area contributed by atoms with Gasteiger partial charge < -0.3 is 15.5 Å². The molecule has 186 valence electrons. The number of aryl methyl sites for hydroxylation is 2. The number of fused-ring (bicyclic) bond motifs is 1. The van der Waals surface area contributed by atoms with Gasteiger partial charge in [0.2, 0.25) is 0 Å². The van der Waals surface area contributed by atoms with Crippen LogP contribution >= 0.6 is 0 Å². The Bertz CT molecular complexity index is 1600. The summed E-state index contributed by atoms with van der Waals surface area (Å²) in [7, 11) is 0. The van der Waals surface area contributed by atoms with Crippen molar-refractivity contribution in [1.29, 1.82) is 5.26 Å². The van der Waals surface area contributed by atoms with Crippen molar-refractivity contribution in [3.63, 3.8) is 0 Å². The summed E-state index contributed by atoms with van der Waals surface area (Å²) in [6, 6.07) is 13.0. The van der Waals surface area contributed by atoms with Crippen molar-refractivity contribution < 1.29 is 15.0 Å². The summed E-state index contributed by atoms with van der Waals surface area (Å²) in [6.45, 7) is 5.19. The van der Waals surface area contributed by atoms with Crippen LogP contribution in [0.15, 0.2) is 55.1 Å². The summed E-state index contributed by atoms with van der Waals surface area (Å²) in [5.74, 6) is 1.68. The standard InChI is InChI=1S/C24H21N9O.CH2O2/c1-14-4-5-17(11-26-14)29-22-9-20-21(12-27-22)32(13-28-20)23-7-6-19(16(3)34)24(30-23)33-15(2)8-18(10-25)31-33;2-1-3/h4-9,11-13,16,34H,1-3H3,(H,27,29);1H,(H,2,3). The van der Waals surface area contributed by atoms with Crippen LogP contribution in [0.2, 0.25) is 0 Å². The van der Waals surface area contributed by atoms with Crippen LogP contribution in [0.4, 0.5) is 11.5 Å². The molecule has 12 nitrogen and oxygen atoms in total. The number of aliphatic hydroxyl groups is 1. The second-order valence-corrected chi connectivity index (χ2v) is 8.04. The fourth-order valence-corrected chi connectivity index (χ4v) is 3.67. The van der Waals surface area contributed by atoms with Gasteiger partial charge in [-0.05, 0) is 51.1 Å². The molecule has 5 rings (SSSR count). The Balaban J connectivity index is 0.00000102. The zero-order valence-corrected chi connectivity index (χ0v) is 20.2. The molecule has 0 fully saturated rings. The SMILES string of the molecule is Cc1ccc(Nc2cc3ncn(-c4ccc(C(C)O)c(-n5nc(C#N)cc5C)n4)c3cn2)cn1.O=CO. The van der Waals surface area contributed by atoms with Gasteiger partial charge in [0.05, 0.1) is 35.2 Å². The maximum atomic E-state index is 10.3. The normalized spacial score (nSPS) is 11.3. The van der Waals surface area contributed by atoms with Gasteiger partial charge in [-0.3, -0.25) is 14.3 Å². The number of carboxylic acid groups (broad SMARTS) is 1. The third-order valence-corrected chi connectivity index (χ3v) is 5.41. The lowest BCUT2D eigenvalue weighted by atomic mass is 10.1. The maximum absolute atomic E-state index is 10.3. The van der Waals surface area contributed by atoms with E-state index in [0.717, 1.165) is 28.1 Å². The molecule has 3 N–H and O–H groups in total. The Kier molecular flexibility index (Phi) is 7.17. The van der Waals surface area contributed by atoms with E-state index in [1.807, 2.05) is 42.7 Å². The van der Waals surface area contributed by atoms with Gasteiger partial charge in [0, 0.05) is 23.0 Å². The Hall–Kier alpha value is -5.15. The average molecular weight is 498 g/mol. The summed E-state index contributed by atoms with van der Waals surface area (Å²) in [5, 5.41) is 34.0. The maximum Gasteiger partial charge on any atom is 0.290 e. The molecule has 0 aromatic carbocycles. The van der Waals surface area contributed by atoms with Crippen molar-refractivity contribution in [3.8, 4) is 17.7 Å². The van der Waals surface area contributed by atoms with Gasteiger partial charge in [-0.25, -0.2) is 19.6 Å². The highest BCUT2D eigenvalue weighted by Crippen LogP contribution is 2.25. The van der Waals surface area contributed by atoms with Crippen LogP contribution in [0.5, 0.6) is 0 Å². The number of aliphatic hydroxyl groups excluding tert-OH is 1. The lowest BCUT2D eigenvalue weighted by molar-refractivity contribution is -0.122. The third kappa shape index (κ3) is 5.26. The number of imidazole rings is 1. The minimum atomic E-state index is -0.767. The van der Waals surface area contributed by atoms with E-state index in [4.69, 9.17) is 14.9 Å². The fraction of sp³-hybridized carbons (Fsp3) is 0.160. The Morgan fingerprint density at radius 2 is 1.89 bits per heavy atom. The van der Waals surface area contributed by atoms with E-state index in [0.29, 0.717) is 23.0 Å². The van der Waals surface area contributed by atoms with E-state index in [1.54, 1.807) is 48.5 Å². The monoisotopic (exact) mass is 497 g/mol. The minimum Gasteiger partial charge on any atom is -0.483 e. The molecule has 12 heteroatoms. The summed E-state index contributed by atoms with van der Waals surface area (Å²) in [6.07, 6.45) is 4.39. The molecule has 0 spiro atoms. The van der Waals surface area contributed by atoms with Crippen LogP contribution in [-0.4, -0.2) is 51.0 Å². The van der Waals surface area contributed by atoms with Crippen LogP contribution < -0.4 is 5.32 Å². The van der Waals surface area contributed by atoms with Gasteiger partial charge in [-0.15, -0.1) is 0 Å². The summed E-state index contributed by atoms with van der Waals surface area (Å²) >= 11 is 0. The highest BCUT2D eigenvalue weighted by Gasteiger charge is 2.17. The topological polar surface area (TPSA) is 168 Å². The number of pyridine rings is 3. The Morgan fingerprint density at radius 3 is 2.54 bits per heavy atom. The predicted molar refractivity (Wildman–Crippen MR) is 135 cm³/mol. The molecule has 1 atom stereocenters. The van der Waals surface area contributed by atoms with Gasteiger partial charge in [0.25, 0.3) is 6.47 Å².